The van der Waals surface area contributed by atoms with E-state index in [9.17, 15) is 4.79 Å². The molecule has 2 aromatic heterocycles. The molecule has 0 bridgehead atoms. The molecule has 2 aliphatic heterocycles. The number of ether oxygens (including phenoxy) is 2. The molecule has 0 saturated carbocycles. The Labute approximate surface area is 169 Å². The van der Waals surface area contributed by atoms with Crippen LogP contribution in [0.15, 0.2) is 12.1 Å². The molecule has 10 nitrogen and oxygen atoms in total. The summed E-state index contributed by atoms with van der Waals surface area (Å²) in [6.45, 7) is 8.91. The average Bonchev–Trinajstić information content (AvgIpc) is 2.74. The number of nitrogens with one attached hydrogen (secondary N) is 1. The van der Waals surface area contributed by atoms with E-state index in [-0.39, 0.29) is 5.91 Å². The van der Waals surface area contributed by atoms with Crippen LogP contribution in [0.5, 0.6) is 0 Å². The second-order valence-corrected chi connectivity index (χ2v) is 6.97. The van der Waals surface area contributed by atoms with E-state index in [0.29, 0.717) is 50.0 Å². The van der Waals surface area contributed by atoms with E-state index < -0.39 is 0 Å². The Bertz CT molecular complexity index is 844. The van der Waals surface area contributed by atoms with Gasteiger partial charge >= 0.3 is 0 Å². The Morgan fingerprint density at radius 1 is 0.897 bits per heavy atom. The van der Waals surface area contributed by atoms with E-state index in [2.05, 4.69) is 20.1 Å². The van der Waals surface area contributed by atoms with Crippen LogP contribution in [0.4, 0.5) is 17.7 Å². The van der Waals surface area contributed by atoms with Gasteiger partial charge in [0.05, 0.1) is 32.1 Å². The fraction of sp³-hybridized carbons (Fsp3) is 0.526. The molecule has 2 aromatic rings. The van der Waals surface area contributed by atoms with E-state index in [1.165, 1.54) is 6.92 Å². The molecule has 2 fully saturated rings. The first-order valence-corrected chi connectivity index (χ1v) is 9.77. The predicted molar refractivity (Wildman–Crippen MR) is 108 cm³/mol. The van der Waals surface area contributed by atoms with Crippen LogP contribution in [0, 0.1) is 6.92 Å². The molecule has 1 amide bonds. The number of morpholine rings is 2. The molecule has 0 spiro atoms. The predicted octanol–water partition coefficient (Wildman–Crippen LogP) is 0.874. The monoisotopic (exact) mass is 399 g/mol. The largest absolute Gasteiger partial charge is 0.378 e. The first-order chi connectivity index (χ1) is 14.1. The summed E-state index contributed by atoms with van der Waals surface area (Å²) in [5, 5.41) is 2.70. The van der Waals surface area contributed by atoms with Crippen molar-refractivity contribution < 1.29 is 14.3 Å². The quantitative estimate of drug-likeness (QED) is 0.802. The number of nitrogens with zero attached hydrogens (tertiary/aromatic N) is 6. The lowest BCUT2D eigenvalue weighted by molar-refractivity contribution is -0.114. The Kier molecular flexibility index (Phi) is 5.81. The van der Waals surface area contributed by atoms with Crippen LogP contribution in [0.3, 0.4) is 0 Å². The Morgan fingerprint density at radius 3 is 1.93 bits per heavy atom. The van der Waals surface area contributed by atoms with Crippen LogP contribution in [0.2, 0.25) is 0 Å². The van der Waals surface area contributed by atoms with Gasteiger partial charge in [-0.2, -0.15) is 15.0 Å². The number of aromatic nitrogens is 4. The van der Waals surface area contributed by atoms with Crippen LogP contribution in [-0.2, 0) is 14.3 Å². The van der Waals surface area contributed by atoms with Gasteiger partial charge in [-0.3, -0.25) is 4.79 Å². The molecule has 10 heteroatoms. The van der Waals surface area contributed by atoms with Crippen LogP contribution in [0.25, 0.3) is 11.4 Å². The molecule has 1 N–H and O–H groups in total. The maximum atomic E-state index is 11.3. The van der Waals surface area contributed by atoms with Crippen LogP contribution < -0.4 is 15.1 Å². The molecule has 2 saturated heterocycles. The summed E-state index contributed by atoms with van der Waals surface area (Å²) in [5.41, 5.74) is 1.55. The first kappa shape index (κ1) is 19.5. The average molecular weight is 399 g/mol. The minimum Gasteiger partial charge on any atom is -0.378 e. The highest BCUT2D eigenvalue weighted by molar-refractivity contribution is 5.87. The second-order valence-electron chi connectivity index (χ2n) is 6.97. The van der Waals surface area contributed by atoms with Gasteiger partial charge in [0.1, 0.15) is 5.82 Å². The summed E-state index contributed by atoms with van der Waals surface area (Å²) >= 11 is 0. The fourth-order valence-corrected chi connectivity index (χ4v) is 3.33. The number of carbonyl (C=O) groups excluding carboxylic acids is 1. The van der Waals surface area contributed by atoms with Crippen molar-refractivity contribution in [2.24, 2.45) is 0 Å². The van der Waals surface area contributed by atoms with Gasteiger partial charge in [-0.25, -0.2) is 4.98 Å². The van der Waals surface area contributed by atoms with E-state index in [4.69, 9.17) is 24.4 Å². The zero-order valence-corrected chi connectivity index (χ0v) is 16.7. The van der Waals surface area contributed by atoms with Crippen LogP contribution >= 0.6 is 0 Å². The van der Waals surface area contributed by atoms with E-state index >= 15 is 0 Å². The van der Waals surface area contributed by atoms with Gasteiger partial charge in [-0.15, -0.1) is 0 Å². The minimum atomic E-state index is -0.158. The summed E-state index contributed by atoms with van der Waals surface area (Å²) < 4.78 is 10.9. The van der Waals surface area contributed by atoms with E-state index in [1.807, 2.05) is 13.0 Å². The Hall–Kier alpha value is -2.85. The zero-order valence-electron chi connectivity index (χ0n) is 16.7. The van der Waals surface area contributed by atoms with Crippen molar-refractivity contribution >= 4 is 23.6 Å². The third kappa shape index (κ3) is 4.60. The minimum absolute atomic E-state index is 0.158. The molecule has 4 heterocycles. The van der Waals surface area contributed by atoms with Crippen molar-refractivity contribution in [3.63, 3.8) is 0 Å². The maximum absolute atomic E-state index is 11.3. The van der Waals surface area contributed by atoms with Crippen molar-refractivity contribution in [1.29, 1.82) is 0 Å². The number of anilines is 3. The molecule has 154 valence electrons. The van der Waals surface area contributed by atoms with Gasteiger partial charge < -0.3 is 24.6 Å². The summed E-state index contributed by atoms with van der Waals surface area (Å²) in [6.07, 6.45) is 0. The maximum Gasteiger partial charge on any atom is 0.230 e. The number of carbonyl (C=O) groups is 1. The normalized spacial score (nSPS) is 17.3. The molecule has 0 aromatic carbocycles. The fourth-order valence-electron chi connectivity index (χ4n) is 3.33. The topological polar surface area (TPSA) is 106 Å². The van der Waals surface area contributed by atoms with Crippen LogP contribution in [0.1, 0.15) is 12.6 Å². The smallest absolute Gasteiger partial charge is 0.230 e. The Morgan fingerprint density at radius 2 is 1.45 bits per heavy atom. The van der Waals surface area contributed by atoms with Gasteiger partial charge in [-0.05, 0) is 19.1 Å². The highest BCUT2D eigenvalue weighted by Crippen LogP contribution is 2.25. The molecule has 29 heavy (non-hydrogen) atoms. The number of rotatable bonds is 4. The SMILES string of the molecule is CC(=O)Nc1ccc(-c2nc(N3CCOCC3)nc(N3CCOCC3)n2)c(C)n1. The molecular weight excluding hydrogens is 374 g/mol. The number of hydrogen-bond donors (Lipinski definition) is 1. The molecular formula is C19H25N7O3. The van der Waals surface area contributed by atoms with E-state index in [1.54, 1.807) is 6.07 Å². The van der Waals surface area contributed by atoms with Crippen LogP contribution in [-0.4, -0.2) is 78.4 Å². The Balaban J connectivity index is 1.72. The summed E-state index contributed by atoms with van der Waals surface area (Å²) in [6, 6.07) is 3.64. The zero-order chi connectivity index (χ0) is 20.2. The van der Waals surface area contributed by atoms with Crippen molar-refractivity contribution in [2.75, 3.05) is 67.7 Å². The molecule has 0 unspecified atom stereocenters. The third-order valence-corrected chi connectivity index (χ3v) is 4.83. The molecule has 0 radical (unpaired) electrons. The van der Waals surface area contributed by atoms with E-state index in [0.717, 1.165) is 37.4 Å². The number of hydrogen-bond acceptors (Lipinski definition) is 9. The lowest BCUT2D eigenvalue weighted by Gasteiger charge is -2.30. The molecule has 4 rings (SSSR count). The van der Waals surface area contributed by atoms with Crippen molar-refractivity contribution in [2.45, 2.75) is 13.8 Å². The third-order valence-electron chi connectivity index (χ3n) is 4.83. The van der Waals surface area contributed by atoms with Crippen molar-refractivity contribution in [1.82, 2.24) is 19.9 Å². The highest BCUT2D eigenvalue weighted by atomic mass is 16.5. The lowest BCUT2D eigenvalue weighted by Crippen LogP contribution is -2.40. The van der Waals surface area contributed by atoms with Gasteiger partial charge in [0.2, 0.25) is 17.8 Å². The standard InChI is InChI=1S/C19H25N7O3/c1-13-15(3-4-16(20-13)21-14(2)27)17-22-18(25-5-9-28-10-6-25)24-19(23-17)26-7-11-29-12-8-26/h3-4H,5-12H2,1-2H3,(H,20,21,27). The summed E-state index contributed by atoms with van der Waals surface area (Å²) in [4.78, 5) is 34.2. The number of amides is 1. The summed E-state index contributed by atoms with van der Waals surface area (Å²) in [5.74, 6) is 2.21. The lowest BCUT2D eigenvalue weighted by atomic mass is 10.2. The van der Waals surface area contributed by atoms with Gasteiger partial charge in [0.15, 0.2) is 5.82 Å². The number of aryl methyl sites for hydroxylation is 1. The molecule has 2 aliphatic rings. The second kappa shape index (κ2) is 8.66. The molecule has 0 aliphatic carbocycles. The highest BCUT2D eigenvalue weighted by Gasteiger charge is 2.22. The van der Waals surface area contributed by atoms with Gasteiger partial charge in [-0.1, -0.05) is 0 Å². The molecule has 0 atom stereocenters. The van der Waals surface area contributed by atoms with Gasteiger partial charge in [0, 0.05) is 38.7 Å². The summed E-state index contributed by atoms with van der Waals surface area (Å²) in [7, 11) is 0. The van der Waals surface area contributed by atoms with Gasteiger partial charge in [0.25, 0.3) is 0 Å². The van der Waals surface area contributed by atoms with Crippen molar-refractivity contribution in [3.8, 4) is 11.4 Å². The first-order valence-electron chi connectivity index (χ1n) is 9.77. The number of pyridine rings is 1. The van der Waals surface area contributed by atoms with Crippen molar-refractivity contribution in [3.05, 3.63) is 17.8 Å².